The van der Waals surface area contributed by atoms with E-state index in [2.05, 4.69) is 35.6 Å². The number of hydrogen-bond acceptors (Lipinski definition) is 9. The molecule has 0 aliphatic rings. The highest BCUT2D eigenvalue weighted by atomic mass is 32.1. The van der Waals surface area contributed by atoms with Crippen molar-refractivity contribution in [1.82, 2.24) is 34.9 Å². The number of nitrogen functional groups attached to an aromatic ring is 1. The average Bonchev–Trinajstić information content (AvgIpc) is 3.22. The number of fused-ring (bicyclic) bond motifs is 1. The van der Waals surface area contributed by atoms with E-state index in [-0.39, 0.29) is 0 Å². The molecule has 9 nitrogen and oxygen atoms in total. The molecule has 3 N–H and O–H groups in total. The summed E-state index contributed by atoms with van der Waals surface area (Å²) in [5.41, 5.74) is 7.28. The van der Waals surface area contributed by atoms with Crippen LogP contribution in [0.3, 0.4) is 0 Å². The summed E-state index contributed by atoms with van der Waals surface area (Å²) in [5, 5.41) is 17.7. The topological polar surface area (TPSA) is 120 Å². The van der Waals surface area contributed by atoms with Crippen molar-refractivity contribution in [2.24, 2.45) is 7.05 Å². The molecule has 0 aromatic carbocycles. The number of rotatable bonds is 5. The van der Waals surface area contributed by atoms with E-state index in [4.69, 9.17) is 5.73 Å². The zero-order chi connectivity index (χ0) is 17.2. The molecule has 4 aromatic heterocycles. The number of nitrogens with two attached hydrogens (primary N) is 1. The third-order valence-corrected chi connectivity index (χ3v) is 4.46. The number of pyridine rings is 1. The van der Waals surface area contributed by atoms with Gasteiger partial charge in [0.25, 0.3) is 0 Å². The lowest BCUT2D eigenvalue weighted by Crippen LogP contribution is -2.08. The van der Waals surface area contributed by atoms with Crippen molar-refractivity contribution in [1.29, 1.82) is 0 Å². The van der Waals surface area contributed by atoms with Crippen molar-refractivity contribution in [3.63, 3.8) is 0 Å². The van der Waals surface area contributed by atoms with Crippen LogP contribution in [0.1, 0.15) is 5.01 Å². The molecule has 25 heavy (non-hydrogen) atoms. The van der Waals surface area contributed by atoms with E-state index in [1.165, 1.54) is 11.3 Å². The summed E-state index contributed by atoms with van der Waals surface area (Å²) in [6.07, 6.45) is 5.92. The Morgan fingerprint density at radius 3 is 2.80 bits per heavy atom. The number of nitrogens with one attached hydrogen (secondary N) is 1. The minimum absolute atomic E-state index is 0.478. The van der Waals surface area contributed by atoms with Crippen LogP contribution in [0.15, 0.2) is 30.7 Å². The number of hydrogen-bond donors (Lipinski definition) is 2. The standard InChI is InChI=1S/C15H15N9S/c1-24-14-10(8-19-24)13(18-7-4-11-22-23-15(16)25-11)20-12(21-14)9-2-5-17-6-3-9/h2-3,5-6,8H,4,7H2,1H3,(H2,16,23)(H,18,20,21). The number of nitrogens with zero attached hydrogens (tertiary/aromatic N) is 7. The van der Waals surface area contributed by atoms with Crippen molar-refractivity contribution < 1.29 is 0 Å². The molecular weight excluding hydrogens is 338 g/mol. The quantitative estimate of drug-likeness (QED) is 0.554. The van der Waals surface area contributed by atoms with Gasteiger partial charge in [0.15, 0.2) is 11.5 Å². The van der Waals surface area contributed by atoms with Gasteiger partial charge in [0.2, 0.25) is 5.13 Å². The second kappa shape index (κ2) is 6.40. The summed E-state index contributed by atoms with van der Waals surface area (Å²) in [7, 11) is 1.86. The van der Waals surface area contributed by atoms with Gasteiger partial charge in [-0.3, -0.25) is 9.67 Å². The fourth-order valence-corrected chi connectivity index (χ4v) is 3.05. The van der Waals surface area contributed by atoms with Gasteiger partial charge >= 0.3 is 0 Å². The molecule has 0 saturated carbocycles. The molecule has 0 saturated heterocycles. The molecule has 0 radical (unpaired) electrons. The van der Waals surface area contributed by atoms with Crippen molar-refractivity contribution in [2.45, 2.75) is 6.42 Å². The largest absolute Gasteiger partial charge is 0.374 e. The Kier molecular flexibility index (Phi) is 3.94. The van der Waals surface area contributed by atoms with Crippen LogP contribution in [-0.4, -0.2) is 41.5 Å². The highest BCUT2D eigenvalue weighted by Crippen LogP contribution is 2.24. The van der Waals surface area contributed by atoms with E-state index >= 15 is 0 Å². The van der Waals surface area contributed by atoms with E-state index in [0.717, 1.165) is 27.4 Å². The first-order chi connectivity index (χ1) is 12.2. The SMILES string of the molecule is Cn1ncc2c(NCCc3nnc(N)s3)nc(-c3ccncc3)nc21. The molecule has 0 atom stereocenters. The first-order valence-corrected chi connectivity index (χ1v) is 8.44. The van der Waals surface area contributed by atoms with Crippen LogP contribution < -0.4 is 11.1 Å². The fraction of sp³-hybridized carbons (Fsp3) is 0.200. The maximum absolute atomic E-state index is 5.61. The lowest BCUT2D eigenvalue weighted by atomic mass is 10.2. The molecule has 0 amide bonds. The molecule has 10 heteroatoms. The fourth-order valence-electron chi connectivity index (χ4n) is 2.44. The Morgan fingerprint density at radius 1 is 1.20 bits per heavy atom. The molecular formula is C15H15N9S. The molecule has 0 unspecified atom stereocenters. The predicted octanol–water partition coefficient (Wildman–Crippen LogP) is 1.51. The molecule has 0 aliphatic heterocycles. The van der Waals surface area contributed by atoms with Gasteiger partial charge in [-0.2, -0.15) is 5.10 Å². The minimum atomic E-state index is 0.478. The molecule has 4 aromatic rings. The average molecular weight is 353 g/mol. The highest BCUT2D eigenvalue weighted by Gasteiger charge is 2.13. The van der Waals surface area contributed by atoms with Crippen molar-refractivity contribution >= 4 is 33.3 Å². The number of aryl methyl sites for hydroxylation is 1. The smallest absolute Gasteiger partial charge is 0.203 e. The van der Waals surface area contributed by atoms with Crippen LogP contribution in [-0.2, 0) is 13.5 Å². The van der Waals surface area contributed by atoms with E-state index in [0.29, 0.717) is 23.9 Å². The summed E-state index contributed by atoms with van der Waals surface area (Å²) < 4.78 is 1.73. The number of aromatic nitrogens is 7. The molecule has 4 rings (SSSR count). The zero-order valence-electron chi connectivity index (χ0n) is 13.4. The van der Waals surface area contributed by atoms with E-state index < -0.39 is 0 Å². The van der Waals surface area contributed by atoms with Gasteiger partial charge in [-0.15, -0.1) is 10.2 Å². The van der Waals surface area contributed by atoms with Crippen molar-refractivity contribution in [3.05, 3.63) is 35.7 Å². The number of anilines is 2. The molecule has 0 fully saturated rings. The van der Waals surface area contributed by atoms with Crippen LogP contribution in [0.4, 0.5) is 10.9 Å². The summed E-state index contributed by atoms with van der Waals surface area (Å²) in [6.45, 7) is 0.658. The Bertz CT molecular complexity index is 1010. The Hall–Kier alpha value is -3.14. The Labute approximate surface area is 147 Å². The van der Waals surface area contributed by atoms with Gasteiger partial charge in [-0.25, -0.2) is 9.97 Å². The summed E-state index contributed by atoms with van der Waals surface area (Å²) in [6, 6.07) is 3.76. The van der Waals surface area contributed by atoms with Gasteiger partial charge in [0.1, 0.15) is 10.8 Å². The van der Waals surface area contributed by atoms with Crippen molar-refractivity contribution in [2.75, 3.05) is 17.6 Å². The second-order valence-corrected chi connectivity index (χ2v) is 6.44. The molecule has 0 spiro atoms. The first-order valence-electron chi connectivity index (χ1n) is 7.62. The Morgan fingerprint density at radius 2 is 2.04 bits per heavy atom. The molecule has 0 bridgehead atoms. The van der Waals surface area contributed by atoms with Gasteiger partial charge in [0, 0.05) is 38.0 Å². The summed E-state index contributed by atoms with van der Waals surface area (Å²) in [4.78, 5) is 13.3. The van der Waals surface area contributed by atoms with Crippen molar-refractivity contribution in [3.8, 4) is 11.4 Å². The second-order valence-electron chi connectivity index (χ2n) is 5.35. The maximum atomic E-state index is 5.61. The zero-order valence-corrected chi connectivity index (χ0v) is 14.2. The minimum Gasteiger partial charge on any atom is -0.374 e. The molecule has 4 heterocycles. The van der Waals surface area contributed by atoms with Crippen LogP contribution in [0.5, 0.6) is 0 Å². The van der Waals surface area contributed by atoms with E-state index in [1.54, 1.807) is 23.3 Å². The maximum Gasteiger partial charge on any atom is 0.203 e. The lowest BCUT2D eigenvalue weighted by molar-refractivity contribution is 0.786. The van der Waals surface area contributed by atoms with E-state index in [9.17, 15) is 0 Å². The van der Waals surface area contributed by atoms with E-state index in [1.807, 2.05) is 19.2 Å². The van der Waals surface area contributed by atoms with Crippen LogP contribution in [0, 0.1) is 0 Å². The monoisotopic (exact) mass is 353 g/mol. The highest BCUT2D eigenvalue weighted by molar-refractivity contribution is 7.15. The van der Waals surface area contributed by atoms with Crippen LogP contribution in [0.2, 0.25) is 0 Å². The summed E-state index contributed by atoms with van der Waals surface area (Å²) >= 11 is 1.39. The Balaban J connectivity index is 1.64. The van der Waals surface area contributed by atoms with Gasteiger partial charge in [0.05, 0.1) is 11.6 Å². The normalized spacial score (nSPS) is 11.1. The lowest BCUT2D eigenvalue weighted by Gasteiger charge is -2.08. The first kappa shape index (κ1) is 15.4. The third kappa shape index (κ3) is 3.11. The van der Waals surface area contributed by atoms with Gasteiger partial charge < -0.3 is 11.1 Å². The third-order valence-electron chi connectivity index (χ3n) is 3.64. The molecule has 0 aliphatic carbocycles. The van der Waals surface area contributed by atoms with Gasteiger partial charge in [-0.05, 0) is 12.1 Å². The van der Waals surface area contributed by atoms with Crippen LogP contribution >= 0.6 is 11.3 Å². The van der Waals surface area contributed by atoms with Gasteiger partial charge in [-0.1, -0.05) is 11.3 Å². The molecule has 126 valence electrons. The summed E-state index contributed by atoms with van der Waals surface area (Å²) in [5.74, 6) is 1.36. The predicted molar refractivity (Wildman–Crippen MR) is 96.1 cm³/mol. The van der Waals surface area contributed by atoms with Crippen LogP contribution in [0.25, 0.3) is 22.4 Å².